The van der Waals surface area contributed by atoms with Crippen molar-refractivity contribution in [2.75, 3.05) is 51.7 Å². The SMILES string of the molecule is COC(=O)C1=C(C)N(c2cccc(C)c2)c2nn(CCCS(C)(=O)=O)c(=O)n2C1c1ccc(C#N)cc1C#CC[N+](C)(C)C.O=C[O-]. The fraction of sp³-hybridized carbons (Fsp3) is 0.364. The molecule has 1 atom stereocenters. The number of hydrogen-bond donors (Lipinski definition) is 0. The lowest BCUT2D eigenvalue weighted by Crippen LogP contribution is -2.38. The average molecular weight is 663 g/mol. The van der Waals surface area contributed by atoms with E-state index in [1.54, 1.807) is 30.0 Å². The second kappa shape index (κ2) is 14.9. The van der Waals surface area contributed by atoms with E-state index in [4.69, 9.17) is 14.6 Å². The van der Waals surface area contributed by atoms with Crippen molar-refractivity contribution in [1.82, 2.24) is 14.3 Å². The summed E-state index contributed by atoms with van der Waals surface area (Å²) in [6.45, 7) is 3.77. The molecule has 1 aliphatic rings. The fourth-order valence-corrected chi connectivity index (χ4v) is 5.74. The molecule has 0 amide bonds. The zero-order chi connectivity index (χ0) is 35.1. The third kappa shape index (κ3) is 8.76. The van der Waals surface area contributed by atoms with Gasteiger partial charge in [0.2, 0.25) is 5.95 Å². The number of aromatic nitrogens is 3. The Labute approximate surface area is 274 Å². The minimum atomic E-state index is -3.26. The summed E-state index contributed by atoms with van der Waals surface area (Å²) in [6.07, 6.45) is 1.32. The Hall–Kier alpha value is -5.18. The number of nitrogens with zero attached hydrogens (tertiary/aromatic N) is 6. The Morgan fingerprint density at radius 2 is 1.85 bits per heavy atom. The molecule has 2 aromatic carbocycles. The van der Waals surface area contributed by atoms with Gasteiger partial charge in [0, 0.05) is 36.2 Å². The normalized spacial score (nSPS) is 14.2. The highest BCUT2D eigenvalue weighted by Gasteiger charge is 2.41. The molecule has 0 bridgehead atoms. The maximum atomic E-state index is 14.2. The number of fused-ring (bicyclic) bond motifs is 1. The molecule has 4 rings (SSSR count). The highest BCUT2D eigenvalue weighted by Crippen LogP contribution is 2.42. The first kappa shape index (κ1) is 36.3. The highest BCUT2D eigenvalue weighted by molar-refractivity contribution is 7.90. The Morgan fingerprint density at radius 1 is 1.17 bits per heavy atom. The van der Waals surface area contributed by atoms with Crippen LogP contribution in [0.1, 0.15) is 41.6 Å². The van der Waals surface area contributed by atoms with E-state index < -0.39 is 34.0 Å². The van der Waals surface area contributed by atoms with Crippen molar-refractivity contribution in [1.29, 1.82) is 5.26 Å². The van der Waals surface area contributed by atoms with Gasteiger partial charge in [0.15, 0.2) is 0 Å². The van der Waals surface area contributed by atoms with Crippen LogP contribution in [0.3, 0.4) is 0 Å². The van der Waals surface area contributed by atoms with Crippen molar-refractivity contribution in [3.63, 3.8) is 0 Å². The van der Waals surface area contributed by atoms with Crippen molar-refractivity contribution in [3.05, 3.63) is 86.5 Å². The van der Waals surface area contributed by atoms with Crippen molar-refractivity contribution >= 4 is 33.9 Å². The molecule has 14 heteroatoms. The number of anilines is 2. The largest absolute Gasteiger partial charge is 0.554 e. The summed E-state index contributed by atoms with van der Waals surface area (Å²) in [4.78, 5) is 37.7. The van der Waals surface area contributed by atoms with E-state index in [1.165, 1.54) is 16.4 Å². The molecule has 0 saturated heterocycles. The van der Waals surface area contributed by atoms with E-state index in [0.29, 0.717) is 39.1 Å². The molecule has 0 fully saturated rings. The number of carbonyl (C=O) groups is 2. The Morgan fingerprint density at radius 3 is 2.43 bits per heavy atom. The molecular formula is C33H38N6O7S. The summed E-state index contributed by atoms with van der Waals surface area (Å²) in [7, 11) is 4.05. The van der Waals surface area contributed by atoms with Crippen LogP contribution in [0.25, 0.3) is 0 Å². The van der Waals surface area contributed by atoms with Crippen LogP contribution in [0.15, 0.2) is 58.5 Å². The zero-order valence-electron chi connectivity index (χ0n) is 27.5. The molecule has 0 N–H and O–H groups in total. The first-order chi connectivity index (χ1) is 22.1. The first-order valence-electron chi connectivity index (χ1n) is 14.5. The molecule has 1 aromatic heterocycles. The van der Waals surface area contributed by atoms with E-state index >= 15 is 0 Å². The van der Waals surface area contributed by atoms with Crippen molar-refractivity contribution in [3.8, 4) is 17.9 Å². The summed E-state index contributed by atoms with van der Waals surface area (Å²) in [5.74, 6) is 5.86. The molecule has 13 nitrogen and oxygen atoms in total. The number of benzene rings is 2. The molecule has 0 radical (unpaired) electrons. The number of methoxy groups -OCH3 is 1. The van der Waals surface area contributed by atoms with Gasteiger partial charge in [0.1, 0.15) is 22.4 Å². The number of sulfone groups is 1. The molecule has 0 spiro atoms. The minimum absolute atomic E-state index is 0.0520. The Bertz CT molecular complexity index is 1970. The summed E-state index contributed by atoms with van der Waals surface area (Å²) in [5.41, 5.74) is 3.22. The lowest BCUT2D eigenvalue weighted by molar-refractivity contribution is -0.862. The van der Waals surface area contributed by atoms with Crippen LogP contribution >= 0.6 is 0 Å². The number of quaternary nitrogens is 1. The van der Waals surface area contributed by atoms with Gasteiger partial charge in [-0.15, -0.1) is 5.10 Å². The molecule has 3 aromatic rings. The number of rotatable bonds is 8. The van der Waals surface area contributed by atoms with Gasteiger partial charge >= 0.3 is 11.7 Å². The Kier molecular flexibility index (Phi) is 11.5. The molecule has 0 saturated carbocycles. The number of nitriles is 1. The van der Waals surface area contributed by atoms with E-state index in [1.807, 2.05) is 52.3 Å². The minimum Gasteiger partial charge on any atom is -0.554 e. The van der Waals surface area contributed by atoms with Gasteiger partial charge in [0.25, 0.3) is 0 Å². The van der Waals surface area contributed by atoms with Gasteiger partial charge in [-0.05, 0) is 61.6 Å². The number of aryl methyl sites for hydroxylation is 2. The summed E-state index contributed by atoms with van der Waals surface area (Å²) in [6, 6.07) is 13.7. The van der Waals surface area contributed by atoms with Gasteiger partial charge in [-0.3, -0.25) is 4.90 Å². The quantitative estimate of drug-likeness (QED) is 0.148. The number of esters is 1. The van der Waals surface area contributed by atoms with Crippen LogP contribution in [0.4, 0.5) is 11.6 Å². The molecule has 1 unspecified atom stereocenters. The second-order valence-electron chi connectivity index (χ2n) is 12.0. The third-order valence-electron chi connectivity index (χ3n) is 7.11. The zero-order valence-corrected chi connectivity index (χ0v) is 28.3. The van der Waals surface area contributed by atoms with E-state index in [9.17, 15) is 23.3 Å². The number of ether oxygens (including phenoxy) is 1. The number of carbonyl (C=O) groups excluding carboxylic acids is 2. The number of allylic oxidation sites excluding steroid dienone is 1. The van der Waals surface area contributed by atoms with Gasteiger partial charge < -0.3 is 19.1 Å². The van der Waals surface area contributed by atoms with E-state index in [2.05, 4.69) is 23.0 Å². The van der Waals surface area contributed by atoms with E-state index in [0.717, 1.165) is 11.8 Å². The van der Waals surface area contributed by atoms with Crippen LogP contribution in [-0.4, -0.2) is 86.5 Å². The molecule has 1 aliphatic heterocycles. The third-order valence-corrected chi connectivity index (χ3v) is 8.14. The highest BCUT2D eigenvalue weighted by atomic mass is 32.2. The molecular weight excluding hydrogens is 624 g/mol. The number of carboxylic acid groups (broad SMARTS) is 1. The maximum Gasteiger partial charge on any atom is 0.348 e. The molecule has 2 heterocycles. The summed E-state index contributed by atoms with van der Waals surface area (Å²) < 4.78 is 32.2. The molecule has 47 heavy (non-hydrogen) atoms. The van der Waals surface area contributed by atoms with Gasteiger partial charge in [0.05, 0.1) is 51.2 Å². The van der Waals surface area contributed by atoms with Crippen LogP contribution in [0.2, 0.25) is 0 Å². The second-order valence-corrected chi connectivity index (χ2v) is 14.2. The van der Waals surface area contributed by atoms with Crippen molar-refractivity contribution in [2.24, 2.45) is 0 Å². The fourth-order valence-electron chi connectivity index (χ4n) is 5.09. The number of hydrogen-bond acceptors (Lipinski definition) is 10. The monoisotopic (exact) mass is 662 g/mol. The van der Waals surface area contributed by atoms with Crippen LogP contribution in [-0.2, 0) is 30.7 Å². The van der Waals surface area contributed by atoms with Crippen molar-refractivity contribution < 1.29 is 32.3 Å². The smallest absolute Gasteiger partial charge is 0.348 e. The maximum absolute atomic E-state index is 14.2. The Balaban J connectivity index is 0.00000192. The van der Waals surface area contributed by atoms with Gasteiger partial charge in [-0.1, -0.05) is 24.1 Å². The predicted molar refractivity (Wildman–Crippen MR) is 174 cm³/mol. The van der Waals surface area contributed by atoms with Crippen molar-refractivity contribution in [2.45, 2.75) is 32.9 Å². The average Bonchev–Trinajstić information content (AvgIpc) is 3.30. The van der Waals surface area contributed by atoms with Crippen LogP contribution < -0.4 is 15.7 Å². The topological polar surface area (TPSA) is 167 Å². The standard InChI is InChI=1S/C32H37N6O5S.CH2O2/c1-22-11-8-13-26(19-22)36-23(2)28(30(39)43-6)29(37-31(36)34-35(32(37)40)16-10-18-44(7,41)42)27-15-14-24(21-33)20-25(27)12-9-17-38(3,4)5;2-1-3/h8,11,13-15,19-20,29H,10,16-18H2,1-7H3;1H,(H,2,3)/q+1;/p-1. The van der Waals surface area contributed by atoms with Gasteiger partial charge in [-0.2, -0.15) is 5.26 Å². The lowest BCUT2D eigenvalue weighted by Gasteiger charge is -2.35. The lowest BCUT2D eigenvalue weighted by atomic mass is 9.90. The summed E-state index contributed by atoms with van der Waals surface area (Å²) >= 11 is 0. The summed E-state index contributed by atoms with van der Waals surface area (Å²) in [5, 5.41) is 22.6. The van der Waals surface area contributed by atoms with Crippen LogP contribution in [0.5, 0.6) is 0 Å². The molecule has 248 valence electrons. The predicted octanol–water partition coefficient (Wildman–Crippen LogP) is 1.27. The first-order valence-corrected chi connectivity index (χ1v) is 16.5. The molecule has 0 aliphatic carbocycles. The van der Waals surface area contributed by atoms with Gasteiger partial charge in [-0.25, -0.2) is 27.3 Å². The van der Waals surface area contributed by atoms with E-state index in [-0.39, 0.29) is 30.2 Å². The van der Waals surface area contributed by atoms with Crippen LogP contribution in [0, 0.1) is 30.1 Å².